The molecule has 0 aliphatic rings. The molecule has 0 spiro atoms. The molecule has 1 aromatic heterocycles. The quantitative estimate of drug-likeness (QED) is 0.465. The molecule has 0 aliphatic heterocycles. The zero-order valence-corrected chi connectivity index (χ0v) is 13.6. The second-order valence-corrected chi connectivity index (χ2v) is 5.45. The van der Waals surface area contributed by atoms with Crippen LogP contribution in [-0.2, 0) is 4.74 Å². The third-order valence-corrected chi connectivity index (χ3v) is 3.44. The van der Waals surface area contributed by atoms with Crippen LogP contribution in [0.15, 0.2) is 52.9 Å². The van der Waals surface area contributed by atoms with Gasteiger partial charge in [-0.2, -0.15) is 0 Å². The SMILES string of the molecule is BrCCOCCOc1ccc(-c2nc3ccccc3o2)cc1. The molecule has 0 saturated heterocycles. The standard InChI is InChI=1S/C17H16BrNO3/c18-9-10-20-11-12-21-14-7-5-13(6-8-14)17-19-15-3-1-2-4-16(15)22-17/h1-8H,9-12H2. The molecule has 0 N–H and O–H groups in total. The van der Waals surface area contributed by atoms with Crippen molar-refractivity contribution in [2.24, 2.45) is 0 Å². The number of hydrogen-bond acceptors (Lipinski definition) is 4. The highest BCUT2D eigenvalue weighted by molar-refractivity contribution is 9.09. The Balaban J connectivity index is 1.63. The number of halogens is 1. The predicted molar refractivity (Wildman–Crippen MR) is 89.6 cm³/mol. The van der Waals surface area contributed by atoms with E-state index in [2.05, 4.69) is 20.9 Å². The van der Waals surface area contributed by atoms with Crippen LogP contribution in [0.2, 0.25) is 0 Å². The van der Waals surface area contributed by atoms with E-state index >= 15 is 0 Å². The maximum absolute atomic E-state index is 5.74. The molecule has 0 aliphatic carbocycles. The molecule has 22 heavy (non-hydrogen) atoms. The van der Waals surface area contributed by atoms with E-state index in [1.807, 2.05) is 48.5 Å². The third kappa shape index (κ3) is 3.67. The number of oxazole rings is 1. The van der Waals surface area contributed by atoms with E-state index in [-0.39, 0.29) is 0 Å². The van der Waals surface area contributed by atoms with Crippen LogP contribution in [0.3, 0.4) is 0 Å². The highest BCUT2D eigenvalue weighted by atomic mass is 79.9. The number of alkyl halides is 1. The number of nitrogens with zero attached hydrogens (tertiary/aromatic N) is 1. The molecule has 114 valence electrons. The molecule has 0 unspecified atom stereocenters. The third-order valence-electron chi connectivity index (χ3n) is 3.11. The molecule has 4 nitrogen and oxygen atoms in total. The van der Waals surface area contributed by atoms with Crippen LogP contribution in [0.4, 0.5) is 0 Å². The fourth-order valence-electron chi connectivity index (χ4n) is 2.06. The summed E-state index contributed by atoms with van der Waals surface area (Å²) in [7, 11) is 0. The summed E-state index contributed by atoms with van der Waals surface area (Å²) >= 11 is 3.31. The lowest BCUT2D eigenvalue weighted by Crippen LogP contribution is -2.07. The normalized spacial score (nSPS) is 11.0. The zero-order chi connectivity index (χ0) is 15.2. The Bertz CT molecular complexity index is 691. The van der Waals surface area contributed by atoms with E-state index in [9.17, 15) is 0 Å². The van der Waals surface area contributed by atoms with Gasteiger partial charge in [0, 0.05) is 10.9 Å². The maximum Gasteiger partial charge on any atom is 0.227 e. The minimum atomic E-state index is 0.537. The Morgan fingerprint density at radius 2 is 1.77 bits per heavy atom. The van der Waals surface area contributed by atoms with E-state index in [1.54, 1.807) is 0 Å². The number of aromatic nitrogens is 1. The van der Waals surface area contributed by atoms with Crippen LogP contribution in [0.25, 0.3) is 22.6 Å². The fourth-order valence-corrected chi connectivity index (χ4v) is 2.29. The molecule has 0 amide bonds. The van der Waals surface area contributed by atoms with Crippen molar-refractivity contribution in [1.82, 2.24) is 4.98 Å². The van der Waals surface area contributed by atoms with Gasteiger partial charge in [0.05, 0.1) is 13.2 Å². The lowest BCUT2D eigenvalue weighted by Gasteiger charge is -2.06. The number of fused-ring (bicyclic) bond motifs is 1. The van der Waals surface area contributed by atoms with Gasteiger partial charge in [-0.25, -0.2) is 4.98 Å². The topological polar surface area (TPSA) is 44.5 Å². The van der Waals surface area contributed by atoms with Crippen molar-refractivity contribution < 1.29 is 13.9 Å². The van der Waals surface area contributed by atoms with Crippen molar-refractivity contribution in [3.05, 3.63) is 48.5 Å². The van der Waals surface area contributed by atoms with Crippen LogP contribution >= 0.6 is 15.9 Å². The van der Waals surface area contributed by atoms with E-state index < -0.39 is 0 Å². The van der Waals surface area contributed by atoms with Gasteiger partial charge >= 0.3 is 0 Å². The molecule has 3 rings (SSSR count). The number of benzene rings is 2. The molecule has 0 radical (unpaired) electrons. The van der Waals surface area contributed by atoms with Crippen LogP contribution < -0.4 is 4.74 Å². The summed E-state index contributed by atoms with van der Waals surface area (Å²) in [5.74, 6) is 1.43. The molecule has 0 bridgehead atoms. The van der Waals surface area contributed by atoms with Crippen LogP contribution in [0.5, 0.6) is 5.75 Å². The molecule has 5 heteroatoms. The predicted octanol–water partition coefficient (Wildman–Crippen LogP) is 4.29. The van der Waals surface area contributed by atoms with E-state index in [0.717, 1.165) is 27.7 Å². The summed E-state index contributed by atoms with van der Waals surface area (Å²) in [6.45, 7) is 1.81. The van der Waals surface area contributed by atoms with Gasteiger partial charge in [0.2, 0.25) is 5.89 Å². The Kier molecular flexibility index (Phi) is 5.08. The van der Waals surface area contributed by atoms with Gasteiger partial charge in [-0.1, -0.05) is 28.1 Å². The Hall–Kier alpha value is -1.85. The van der Waals surface area contributed by atoms with Gasteiger partial charge in [0.25, 0.3) is 0 Å². The first kappa shape index (κ1) is 15.1. The first-order valence-electron chi connectivity index (χ1n) is 7.09. The number of rotatable bonds is 7. The highest BCUT2D eigenvalue weighted by Crippen LogP contribution is 2.25. The molecule has 0 fully saturated rings. The lowest BCUT2D eigenvalue weighted by atomic mass is 10.2. The van der Waals surface area contributed by atoms with Gasteiger partial charge in [-0.15, -0.1) is 0 Å². The van der Waals surface area contributed by atoms with Crippen LogP contribution in [0, 0.1) is 0 Å². The van der Waals surface area contributed by atoms with Crippen molar-refractivity contribution in [3.63, 3.8) is 0 Å². The fraction of sp³-hybridized carbons (Fsp3) is 0.235. The highest BCUT2D eigenvalue weighted by Gasteiger charge is 2.07. The van der Waals surface area contributed by atoms with Crippen molar-refractivity contribution >= 4 is 27.0 Å². The molecule has 2 aromatic carbocycles. The maximum atomic E-state index is 5.74. The van der Waals surface area contributed by atoms with Gasteiger partial charge in [-0.3, -0.25) is 0 Å². The zero-order valence-electron chi connectivity index (χ0n) is 12.0. The summed E-state index contributed by atoms with van der Waals surface area (Å²) in [6.07, 6.45) is 0. The van der Waals surface area contributed by atoms with Crippen molar-refractivity contribution in [1.29, 1.82) is 0 Å². The lowest BCUT2D eigenvalue weighted by molar-refractivity contribution is 0.112. The van der Waals surface area contributed by atoms with Crippen LogP contribution in [0.1, 0.15) is 0 Å². The minimum absolute atomic E-state index is 0.537. The molecule has 0 saturated carbocycles. The van der Waals surface area contributed by atoms with Crippen molar-refractivity contribution in [2.45, 2.75) is 0 Å². The smallest absolute Gasteiger partial charge is 0.227 e. The second kappa shape index (κ2) is 7.42. The average Bonchev–Trinajstić information content (AvgIpc) is 2.99. The van der Waals surface area contributed by atoms with Gasteiger partial charge in [0.1, 0.15) is 17.9 Å². The molecular formula is C17H16BrNO3. The second-order valence-electron chi connectivity index (χ2n) is 4.66. The number of ether oxygens (including phenoxy) is 2. The first-order valence-corrected chi connectivity index (χ1v) is 8.21. The largest absolute Gasteiger partial charge is 0.491 e. The molecule has 1 heterocycles. The summed E-state index contributed by atoms with van der Waals surface area (Å²) in [4.78, 5) is 4.48. The van der Waals surface area contributed by atoms with Gasteiger partial charge in [-0.05, 0) is 36.4 Å². The Morgan fingerprint density at radius 1 is 0.955 bits per heavy atom. The summed E-state index contributed by atoms with van der Waals surface area (Å²) in [5, 5.41) is 0.839. The Labute approximate surface area is 137 Å². The van der Waals surface area contributed by atoms with E-state index in [1.165, 1.54) is 0 Å². The molecule has 0 atom stereocenters. The first-order chi connectivity index (χ1) is 10.9. The monoisotopic (exact) mass is 361 g/mol. The summed E-state index contributed by atoms with van der Waals surface area (Å²) in [6, 6.07) is 15.4. The summed E-state index contributed by atoms with van der Waals surface area (Å²) in [5.41, 5.74) is 2.59. The number of para-hydroxylation sites is 2. The molecular weight excluding hydrogens is 346 g/mol. The van der Waals surface area contributed by atoms with Gasteiger partial charge < -0.3 is 13.9 Å². The minimum Gasteiger partial charge on any atom is -0.491 e. The Morgan fingerprint density at radius 3 is 2.55 bits per heavy atom. The van der Waals surface area contributed by atoms with E-state index in [0.29, 0.717) is 25.7 Å². The summed E-state index contributed by atoms with van der Waals surface area (Å²) < 4.78 is 16.7. The molecule has 3 aromatic rings. The van der Waals surface area contributed by atoms with Gasteiger partial charge in [0.15, 0.2) is 5.58 Å². The van der Waals surface area contributed by atoms with E-state index in [4.69, 9.17) is 13.9 Å². The number of hydrogen-bond donors (Lipinski definition) is 0. The average molecular weight is 362 g/mol. The van der Waals surface area contributed by atoms with Crippen LogP contribution in [-0.4, -0.2) is 30.1 Å². The van der Waals surface area contributed by atoms with Crippen molar-refractivity contribution in [3.8, 4) is 17.2 Å². The van der Waals surface area contributed by atoms with Crippen molar-refractivity contribution in [2.75, 3.05) is 25.2 Å².